The third-order valence-corrected chi connectivity index (χ3v) is 11.9. The molecular formula is C33H34O2P2. The molecule has 0 amide bonds. The van der Waals surface area contributed by atoms with Crippen molar-refractivity contribution in [1.82, 2.24) is 0 Å². The van der Waals surface area contributed by atoms with Gasteiger partial charge in [-0.3, -0.25) is 0 Å². The smallest absolute Gasteiger partial charge is 0.0921 e. The molecule has 1 unspecified atom stereocenters. The van der Waals surface area contributed by atoms with Crippen molar-refractivity contribution in [2.24, 2.45) is 5.41 Å². The van der Waals surface area contributed by atoms with Crippen LogP contribution >= 0.6 is 16.3 Å². The number of hydrogen-bond donors (Lipinski definition) is 0. The molecule has 2 fully saturated rings. The second-order valence-corrected chi connectivity index (χ2v) is 13.8. The first-order chi connectivity index (χ1) is 18.3. The molecule has 37 heavy (non-hydrogen) atoms. The average molecular weight is 525 g/mol. The van der Waals surface area contributed by atoms with Gasteiger partial charge in [-0.2, -0.15) is 0 Å². The quantitative estimate of drug-likeness (QED) is 0.227. The normalized spacial score (nSPS) is 23.3. The number of rotatable bonds is 8. The molecule has 0 N–H and O–H groups in total. The Morgan fingerprint density at radius 1 is 0.459 bits per heavy atom. The molecule has 4 aromatic carbocycles. The molecule has 2 saturated carbocycles. The third kappa shape index (κ3) is 5.32. The Balaban J connectivity index is 1.31. The molecule has 0 bridgehead atoms. The summed E-state index contributed by atoms with van der Waals surface area (Å²) in [5, 5.41) is 5.16. The fraction of sp³-hybridized carbons (Fsp3) is 0.273. The van der Waals surface area contributed by atoms with Gasteiger partial charge in [-0.1, -0.05) is 134 Å². The van der Waals surface area contributed by atoms with Gasteiger partial charge in [0, 0.05) is 26.6 Å². The highest BCUT2D eigenvalue weighted by molar-refractivity contribution is 7.68. The van der Waals surface area contributed by atoms with Crippen LogP contribution in [0.3, 0.4) is 0 Å². The summed E-state index contributed by atoms with van der Waals surface area (Å²) in [6.45, 7) is 0. The lowest BCUT2D eigenvalue weighted by Gasteiger charge is -2.40. The Hall–Kier alpha value is -2.34. The lowest BCUT2D eigenvalue weighted by molar-refractivity contribution is 0.00841. The summed E-state index contributed by atoms with van der Waals surface area (Å²) < 4.78 is 14.5. The monoisotopic (exact) mass is 524 g/mol. The van der Waals surface area contributed by atoms with E-state index in [-0.39, 0.29) is 17.6 Å². The molecule has 4 aromatic rings. The lowest BCUT2D eigenvalue weighted by Crippen LogP contribution is -2.41. The van der Waals surface area contributed by atoms with Crippen molar-refractivity contribution in [3.8, 4) is 0 Å². The van der Waals surface area contributed by atoms with Crippen LogP contribution in [0.2, 0.25) is 0 Å². The van der Waals surface area contributed by atoms with E-state index in [1.807, 2.05) is 0 Å². The van der Waals surface area contributed by atoms with Gasteiger partial charge >= 0.3 is 0 Å². The van der Waals surface area contributed by atoms with Gasteiger partial charge in [-0.05, 0) is 25.7 Å². The van der Waals surface area contributed by atoms with E-state index in [1.165, 1.54) is 46.9 Å². The van der Waals surface area contributed by atoms with Gasteiger partial charge in [0.2, 0.25) is 0 Å². The largest absolute Gasteiger partial charge is 0.346 e. The van der Waals surface area contributed by atoms with Crippen LogP contribution < -0.4 is 21.2 Å². The summed E-state index contributed by atoms with van der Waals surface area (Å²) in [4.78, 5) is 0. The van der Waals surface area contributed by atoms with E-state index in [9.17, 15) is 0 Å². The van der Waals surface area contributed by atoms with Crippen molar-refractivity contribution in [2.45, 2.75) is 50.7 Å². The number of hydrogen-bond acceptors (Lipinski definition) is 2. The van der Waals surface area contributed by atoms with Gasteiger partial charge in [0.1, 0.15) is 0 Å². The molecule has 0 saturated heterocycles. The van der Waals surface area contributed by atoms with Crippen LogP contribution in [-0.4, -0.2) is 12.2 Å². The van der Waals surface area contributed by atoms with Crippen LogP contribution in [0.15, 0.2) is 121 Å². The molecule has 4 heteroatoms. The zero-order valence-electron chi connectivity index (χ0n) is 21.2. The minimum absolute atomic E-state index is 0.0916. The first kappa shape index (κ1) is 25.0. The second kappa shape index (κ2) is 11.6. The van der Waals surface area contributed by atoms with Crippen LogP contribution in [0.5, 0.6) is 0 Å². The van der Waals surface area contributed by atoms with Crippen LogP contribution in [0, 0.1) is 5.41 Å². The Kier molecular flexibility index (Phi) is 7.82. The van der Waals surface area contributed by atoms with E-state index in [0.717, 1.165) is 12.8 Å². The molecule has 1 spiro atoms. The van der Waals surface area contributed by atoms with Crippen molar-refractivity contribution in [3.05, 3.63) is 121 Å². The van der Waals surface area contributed by atoms with E-state index in [4.69, 9.17) is 9.05 Å². The first-order valence-electron chi connectivity index (χ1n) is 13.5. The summed E-state index contributed by atoms with van der Waals surface area (Å²) in [7, 11) is -1.76. The van der Waals surface area contributed by atoms with Gasteiger partial charge in [-0.25, -0.2) is 0 Å². The van der Waals surface area contributed by atoms with Crippen LogP contribution in [-0.2, 0) is 9.05 Å². The van der Waals surface area contributed by atoms with Crippen LogP contribution in [0.4, 0.5) is 0 Å². The van der Waals surface area contributed by atoms with Gasteiger partial charge in [0.25, 0.3) is 0 Å². The molecule has 0 aliphatic heterocycles. The van der Waals surface area contributed by atoms with Crippen molar-refractivity contribution < 1.29 is 9.05 Å². The van der Waals surface area contributed by atoms with Gasteiger partial charge in [0.15, 0.2) is 0 Å². The van der Waals surface area contributed by atoms with Gasteiger partial charge < -0.3 is 9.05 Å². The Bertz CT molecular complexity index is 1070. The molecular weight excluding hydrogens is 490 g/mol. The summed E-state index contributed by atoms with van der Waals surface area (Å²) in [5.41, 5.74) is 0.0916. The molecule has 0 heterocycles. The van der Waals surface area contributed by atoms with Gasteiger partial charge in [0.05, 0.1) is 28.5 Å². The maximum Gasteiger partial charge on any atom is 0.0921 e. The first-order valence-corrected chi connectivity index (χ1v) is 16.0. The average Bonchev–Trinajstić information content (AvgIpc) is 3.58. The Morgan fingerprint density at radius 2 is 0.757 bits per heavy atom. The fourth-order valence-corrected chi connectivity index (χ4v) is 10.1. The summed E-state index contributed by atoms with van der Waals surface area (Å²) in [6.07, 6.45) is 7.49. The van der Waals surface area contributed by atoms with E-state index < -0.39 is 16.3 Å². The molecule has 6 rings (SSSR count). The molecule has 0 radical (unpaired) electrons. The predicted molar refractivity (Wildman–Crippen MR) is 158 cm³/mol. The molecule has 2 aliphatic carbocycles. The summed E-state index contributed by atoms with van der Waals surface area (Å²) in [6, 6.07) is 43.3. The van der Waals surface area contributed by atoms with E-state index >= 15 is 0 Å². The van der Waals surface area contributed by atoms with Crippen LogP contribution in [0.25, 0.3) is 0 Å². The SMILES string of the molecule is c1ccc(P(OC2CCC[C@]23CCC[C@H]3OP(c2ccccc2)c2ccccc2)c2ccccc2)cc1. The Labute approximate surface area is 223 Å². The van der Waals surface area contributed by atoms with E-state index in [2.05, 4.69) is 121 Å². The zero-order valence-corrected chi connectivity index (χ0v) is 22.9. The standard InChI is InChI=1S/C33H34O2P2/c1-5-15-27(16-6-1)36(28-17-7-2-8-18-28)34-31-23-13-25-33(31)26-14-24-32(33)35-37(29-19-9-3-10-20-29)30-21-11-4-12-22-30/h1-12,15-22,31-32H,13-14,23-26H2/t31-,32?,33+/m1/s1. The van der Waals surface area contributed by atoms with E-state index in [1.54, 1.807) is 0 Å². The topological polar surface area (TPSA) is 18.5 Å². The van der Waals surface area contributed by atoms with Crippen molar-refractivity contribution in [2.75, 3.05) is 0 Å². The zero-order chi connectivity index (χ0) is 24.9. The van der Waals surface area contributed by atoms with Gasteiger partial charge in [-0.15, -0.1) is 0 Å². The lowest BCUT2D eigenvalue weighted by atomic mass is 9.80. The Morgan fingerprint density at radius 3 is 1.05 bits per heavy atom. The molecule has 2 nitrogen and oxygen atoms in total. The number of benzene rings is 4. The summed E-state index contributed by atoms with van der Waals surface area (Å²) in [5.74, 6) is 0. The highest BCUT2D eigenvalue weighted by Crippen LogP contribution is 2.58. The van der Waals surface area contributed by atoms with Crippen LogP contribution in [0.1, 0.15) is 38.5 Å². The minimum Gasteiger partial charge on any atom is -0.346 e. The van der Waals surface area contributed by atoms with Crippen molar-refractivity contribution >= 4 is 37.5 Å². The maximum atomic E-state index is 7.24. The maximum absolute atomic E-state index is 7.24. The summed E-state index contributed by atoms with van der Waals surface area (Å²) >= 11 is 0. The second-order valence-electron chi connectivity index (χ2n) is 10.1. The molecule has 188 valence electrons. The highest BCUT2D eigenvalue weighted by Gasteiger charge is 2.54. The fourth-order valence-electron chi connectivity index (χ4n) is 6.15. The molecule has 2 aliphatic rings. The molecule has 0 aromatic heterocycles. The predicted octanol–water partition coefficient (Wildman–Crippen LogP) is 7.21. The third-order valence-electron chi connectivity index (χ3n) is 7.93. The van der Waals surface area contributed by atoms with Crippen molar-refractivity contribution in [3.63, 3.8) is 0 Å². The van der Waals surface area contributed by atoms with Crippen molar-refractivity contribution in [1.29, 1.82) is 0 Å². The highest BCUT2D eigenvalue weighted by atomic mass is 31.1. The molecule has 3 atom stereocenters. The van der Waals surface area contributed by atoms with E-state index in [0.29, 0.717) is 0 Å². The minimum atomic E-state index is -0.881.